The smallest absolute Gasteiger partial charge is 0.279 e. The molecule has 0 bridgehead atoms. The van der Waals surface area contributed by atoms with Gasteiger partial charge in [0.2, 0.25) is 0 Å². The molecule has 0 saturated carbocycles. The molecule has 4 nitrogen and oxygen atoms in total. The first-order valence-electron chi connectivity index (χ1n) is 9.81. The molecule has 0 fully saturated rings. The van der Waals surface area contributed by atoms with E-state index >= 15 is 0 Å². The molecule has 150 valence electrons. The Kier molecular flexibility index (Phi) is 5.91. The number of allylic oxidation sites excluding steroid dienone is 1. The highest BCUT2D eigenvalue weighted by Gasteiger charge is 2.10. The minimum atomic E-state index is -0.260. The highest BCUT2D eigenvalue weighted by molar-refractivity contribution is 7.16. The third kappa shape index (κ3) is 4.11. The van der Waals surface area contributed by atoms with Crippen molar-refractivity contribution >= 4 is 27.5 Å². The summed E-state index contributed by atoms with van der Waals surface area (Å²) in [7, 11) is 0. The quantitative estimate of drug-likeness (QED) is 0.380. The summed E-state index contributed by atoms with van der Waals surface area (Å²) in [5.74, 6) is 0.551. The van der Waals surface area contributed by atoms with Gasteiger partial charge in [-0.1, -0.05) is 59.9 Å². The van der Waals surface area contributed by atoms with Gasteiger partial charge in [0.25, 0.3) is 5.91 Å². The van der Waals surface area contributed by atoms with Crippen LogP contribution in [0.3, 0.4) is 0 Å². The number of carbonyl (C=O) groups is 1. The zero-order valence-electron chi connectivity index (χ0n) is 16.7. The van der Waals surface area contributed by atoms with Gasteiger partial charge in [-0.2, -0.15) is 4.99 Å². The van der Waals surface area contributed by atoms with Gasteiger partial charge >= 0.3 is 0 Å². The summed E-state index contributed by atoms with van der Waals surface area (Å²) in [5, 5.41) is 0. The Morgan fingerprint density at radius 3 is 2.50 bits per heavy atom. The van der Waals surface area contributed by atoms with Crippen molar-refractivity contribution in [2.75, 3.05) is 6.61 Å². The molecule has 0 saturated heterocycles. The lowest BCUT2D eigenvalue weighted by Gasteiger charge is -2.04. The summed E-state index contributed by atoms with van der Waals surface area (Å²) in [6, 6.07) is 23.6. The SMILES string of the molecule is C=CCn1c(=NC(=O)c2ccc(-c3ccccc3)cc2)sc2cc(OCC)ccc21. The molecule has 0 aliphatic carbocycles. The maximum atomic E-state index is 12.8. The summed E-state index contributed by atoms with van der Waals surface area (Å²) < 4.78 is 8.62. The molecule has 1 amide bonds. The number of ether oxygens (including phenoxy) is 1. The molecular weight excluding hydrogens is 392 g/mol. The molecule has 1 heterocycles. The standard InChI is InChI=1S/C25H22N2O2S/c1-3-16-27-22-15-14-21(29-4-2)17-23(22)30-25(27)26-24(28)20-12-10-19(11-13-20)18-8-6-5-7-9-18/h3,5-15,17H,1,4,16H2,2H3. The Balaban J connectivity index is 1.70. The summed E-state index contributed by atoms with van der Waals surface area (Å²) >= 11 is 1.47. The number of rotatable bonds is 6. The number of thiazole rings is 1. The van der Waals surface area contributed by atoms with Gasteiger partial charge in [-0.05, 0) is 48.4 Å². The van der Waals surface area contributed by atoms with Gasteiger partial charge in [-0.3, -0.25) is 4.79 Å². The maximum Gasteiger partial charge on any atom is 0.279 e. The number of fused-ring (bicyclic) bond motifs is 1. The highest BCUT2D eigenvalue weighted by Crippen LogP contribution is 2.24. The van der Waals surface area contributed by atoms with Gasteiger partial charge in [-0.25, -0.2) is 0 Å². The summed E-state index contributed by atoms with van der Waals surface area (Å²) in [5.41, 5.74) is 3.76. The molecule has 1 aromatic heterocycles. The lowest BCUT2D eigenvalue weighted by Crippen LogP contribution is -2.16. The van der Waals surface area contributed by atoms with Crippen molar-refractivity contribution in [1.82, 2.24) is 4.57 Å². The second kappa shape index (κ2) is 8.93. The molecule has 0 atom stereocenters. The number of hydrogen-bond acceptors (Lipinski definition) is 3. The number of benzene rings is 3. The van der Waals surface area contributed by atoms with Crippen LogP contribution in [-0.2, 0) is 6.54 Å². The van der Waals surface area contributed by atoms with E-state index in [0.717, 1.165) is 27.1 Å². The molecule has 0 N–H and O–H groups in total. The van der Waals surface area contributed by atoms with E-state index in [4.69, 9.17) is 4.74 Å². The van der Waals surface area contributed by atoms with Crippen molar-refractivity contribution in [3.05, 3.63) is 95.8 Å². The lowest BCUT2D eigenvalue weighted by atomic mass is 10.0. The summed E-state index contributed by atoms with van der Waals surface area (Å²) in [6.45, 7) is 6.98. The lowest BCUT2D eigenvalue weighted by molar-refractivity contribution is 0.0998. The van der Waals surface area contributed by atoms with Crippen LogP contribution < -0.4 is 9.54 Å². The van der Waals surface area contributed by atoms with E-state index in [1.54, 1.807) is 6.08 Å². The van der Waals surface area contributed by atoms with Crippen LogP contribution in [0.5, 0.6) is 5.75 Å². The first-order chi connectivity index (χ1) is 14.7. The predicted molar refractivity (Wildman–Crippen MR) is 123 cm³/mol. The molecule has 0 unspecified atom stereocenters. The van der Waals surface area contributed by atoms with Crippen molar-refractivity contribution in [2.45, 2.75) is 13.5 Å². The summed E-state index contributed by atoms with van der Waals surface area (Å²) in [6.07, 6.45) is 1.81. The van der Waals surface area contributed by atoms with Crippen LogP contribution in [0.4, 0.5) is 0 Å². The third-order valence-electron chi connectivity index (χ3n) is 4.71. The fourth-order valence-electron chi connectivity index (χ4n) is 3.29. The highest BCUT2D eigenvalue weighted by atomic mass is 32.1. The molecule has 0 spiro atoms. The van der Waals surface area contributed by atoms with Crippen LogP contribution in [0.15, 0.2) is 90.4 Å². The number of nitrogens with zero attached hydrogens (tertiary/aromatic N) is 2. The second-order valence-corrected chi connectivity index (χ2v) is 7.72. The van der Waals surface area contributed by atoms with Crippen molar-refractivity contribution in [3.8, 4) is 16.9 Å². The van der Waals surface area contributed by atoms with E-state index in [0.29, 0.717) is 23.5 Å². The minimum absolute atomic E-state index is 0.260. The number of amides is 1. The fourth-order valence-corrected chi connectivity index (χ4v) is 4.35. The van der Waals surface area contributed by atoms with E-state index in [1.807, 2.05) is 84.3 Å². The number of carbonyl (C=O) groups excluding carboxylic acids is 1. The van der Waals surface area contributed by atoms with Gasteiger partial charge in [0.1, 0.15) is 5.75 Å². The van der Waals surface area contributed by atoms with E-state index in [9.17, 15) is 4.79 Å². The fraction of sp³-hybridized carbons (Fsp3) is 0.120. The Hall–Kier alpha value is -3.44. The van der Waals surface area contributed by atoms with Crippen LogP contribution in [0.2, 0.25) is 0 Å². The third-order valence-corrected chi connectivity index (χ3v) is 5.75. The monoisotopic (exact) mass is 414 g/mol. The average Bonchev–Trinajstić information content (AvgIpc) is 3.11. The van der Waals surface area contributed by atoms with Gasteiger partial charge < -0.3 is 9.30 Å². The van der Waals surface area contributed by atoms with Crippen LogP contribution in [0.25, 0.3) is 21.3 Å². The summed E-state index contributed by atoms with van der Waals surface area (Å²) in [4.78, 5) is 17.9. The number of hydrogen-bond donors (Lipinski definition) is 0. The first kappa shape index (κ1) is 19.9. The molecule has 30 heavy (non-hydrogen) atoms. The molecule has 0 aliphatic heterocycles. The Bertz CT molecular complexity index is 1250. The molecule has 3 aromatic carbocycles. The topological polar surface area (TPSA) is 43.6 Å². The van der Waals surface area contributed by atoms with Gasteiger partial charge in [0, 0.05) is 12.1 Å². The van der Waals surface area contributed by atoms with Crippen molar-refractivity contribution < 1.29 is 9.53 Å². The Labute approximate surface area is 179 Å². The molecule has 0 radical (unpaired) electrons. The van der Waals surface area contributed by atoms with Crippen LogP contribution in [-0.4, -0.2) is 17.1 Å². The van der Waals surface area contributed by atoms with Crippen molar-refractivity contribution in [2.24, 2.45) is 4.99 Å². The Morgan fingerprint density at radius 2 is 1.80 bits per heavy atom. The minimum Gasteiger partial charge on any atom is -0.494 e. The molecule has 5 heteroatoms. The first-order valence-corrected chi connectivity index (χ1v) is 10.6. The number of aromatic nitrogens is 1. The normalized spacial score (nSPS) is 11.6. The van der Waals surface area contributed by atoms with Crippen LogP contribution >= 0.6 is 11.3 Å². The van der Waals surface area contributed by atoms with Gasteiger partial charge in [0.05, 0.1) is 16.8 Å². The van der Waals surface area contributed by atoms with Crippen molar-refractivity contribution in [1.29, 1.82) is 0 Å². The van der Waals surface area contributed by atoms with Gasteiger partial charge in [-0.15, -0.1) is 6.58 Å². The largest absolute Gasteiger partial charge is 0.494 e. The zero-order chi connectivity index (χ0) is 20.9. The van der Waals surface area contributed by atoms with E-state index in [1.165, 1.54) is 11.3 Å². The second-order valence-electron chi connectivity index (χ2n) is 6.71. The van der Waals surface area contributed by atoms with Crippen molar-refractivity contribution in [3.63, 3.8) is 0 Å². The van der Waals surface area contributed by atoms with E-state index in [-0.39, 0.29) is 5.91 Å². The maximum absolute atomic E-state index is 12.8. The molecule has 4 rings (SSSR count). The molecular formula is C25H22N2O2S. The predicted octanol–water partition coefficient (Wildman–Crippen LogP) is 5.70. The zero-order valence-corrected chi connectivity index (χ0v) is 17.6. The van der Waals surface area contributed by atoms with Crippen LogP contribution in [0, 0.1) is 0 Å². The average molecular weight is 415 g/mol. The van der Waals surface area contributed by atoms with Crippen LogP contribution in [0.1, 0.15) is 17.3 Å². The molecule has 4 aromatic rings. The van der Waals surface area contributed by atoms with Gasteiger partial charge in [0.15, 0.2) is 4.80 Å². The van der Waals surface area contributed by atoms with E-state index < -0.39 is 0 Å². The Morgan fingerprint density at radius 1 is 1.07 bits per heavy atom. The van der Waals surface area contributed by atoms with E-state index in [2.05, 4.69) is 11.6 Å². The molecule has 0 aliphatic rings.